The van der Waals surface area contributed by atoms with E-state index >= 15 is 0 Å². The molecule has 14 heavy (non-hydrogen) atoms. The van der Waals surface area contributed by atoms with Gasteiger partial charge in [0, 0.05) is 11.6 Å². The van der Waals surface area contributed by atoms with Crippen LogP contribution in [0.1, 0.15) is 25.5 Å². The van der Waals surface area contributed by atoms with Gasteiger partial charge in [-0.15, -0.1) is 0 Å². The van der Waals surface area contributed by atoms with Gasteiger partial charge in [0.15, 0.2) is 0 Å². The minimum absolute atomic E-state index is 0.0554. The molecule has 0 spiro atoms. The van der Waals surface area contributed by atoms with E-state index in [1.165, 1.54) is 0 Å². The summed E-state index contributed by atoms with van der Waals surface area (Å²) in [5.74, 6) is 0.753. The minimum atomic E-state index is -0.462. The molecule has 1 aromatic rings. The van der Waals surface area contributed by atoms with Crippen molar-refractivity contribution in [3.63, 3.8) is 0 Å². The van der Waals surface area contributed by atoms with Gasteiger partial charge in [-0.1, -0.05) is 18.2 Å². The first-order chi connectivity index (χ1) is 6.61. The zero-order valence-corrected chi connectivity index (χ0v) is 8.60. The maximum atomic E-state index is 9.09. The van der Waals surface area contributed by atoms with E-state index in [1.807, 2.05) is 31.2 Å². The number of aliphatic hydroxyl groups is 1. The highest BCUT2D eigenvalue weighted by Crippen LogP contribution is 2.23. The number of nitrogens with two attached hydrogens (primary N) is 1. The molecule has 78 valence electrons. The molecule has 0 aliphatic rings. The molecule has 3 heteroatoms. The first-order valence-electron chi connectivity index (χ1n) is 4.76. The van der Waals surface area contributed by atoms with Crippen LogP contribution in [0.5, 0.6) is 5.75 Å². The Morgan fingerprint density at radius 1 is 1.36 bits per heavy atom. The van der Waals surface area contributed by atoms with Crippen LogP contribution in [-0.4, -0.2) is 17.8 Å². The van der Waals surface area contributed by atoms with Crippen molar-refractivity contribution in [2.45, 2.75) is 26.0 Å². The molecule has 0 aliphatic carbocycles. The third-order valence-electron chi connectivity index (χ3n) is 1.89. The third kappa shape index (κ3) is 3.01. The molecule has 0 bridgehead atoms. The maximum Gasteiger partial charge on any atom is 0.124 e. The Morgan fingerprint density at radius 3 is 2.57 bits per heavy atom. The number of rotatable bonds is 4. The number of hydrogen-bond donors (Lipinski definition) is 2. The summed E-state index contributed by atoms with van der Waals surface area (Å²) in [6.07, 6.45) is -0.462. The Kier molecular flexibility index (Phi) is 3.92. The van der Waals surface area contributed by atoms with Crippen molar-refractivity contribution in [2.75, 3.05) is 6.61 Å². The second-order valence-electron chi connectivity index (χ2n) is 3.49. The molecule has 0 fully saturated rings. The lowest BCUT2D eigenvalue weighted by molar-refractivity contribution is 0.122. The molecular weight excluding hydrogens is 178 g/mol. The quantitative estimate of drug-likeness (QED) is 0.764. The van der Waals surface area contributed by atoms with Crippen molar-refractivity contribution in [2.24, 2.45) is 5.73 Å². The lowest BCUT2D eigenvalue weighted by Crippen LogP contribution is -2.15. The monoisotopic (exact) mass is 195 g/mol. The Morgan fingerprint density at radius 2 is 2.00 bits per heavy atom. The Balaban J connectivity index is 2.74. The zero-order chi connectivity index (χ0) is 10.6. The van der Waals surface area contributed by atoms with Crippen molar-refractivity contribution < 1.29 is 9.84 Å². The standard InChI is InChI=1S/C11H17NO2/c1-8(13)7-14-11-6-4-3-5-10(11)9(2)12/h3-6,8-9,13H,7,12H2,1-2H3/t8?,9-/m0/s1. The van der Waals surface area contributed by atoms with Gasteiger partial charge in [0.2, 0.25) is 0 Å². The maximum absolute atomic E-state index is 9.09. The van der Waals surface area contributed by atoms with Gasteiger partial charge in [-0.3, -0.25) is 0 Å². The number of hydrogen-bond acceptors (Lipinski definition) is 3. The second kappa shape index (κ2) is 4.98. The number of para-hydroxylation sites is 1. The molecule has 0 aliphatic heterocycles. The van der Waals surface area contributed by atoms with E-state index in [0.717, 1.165) is 11.3 Å². The summed E-state index contributed by atoms with van der Waals surface area (Å²) < 4.78 is 5.43. The molecule has 3 nitrogen and oxygen atoms in total. The van der Waals surface area contributed by atoms with Gasteiger partial charge in [-0.05, 0) is 19.9 Å². The number of aliphatic hydroxyl groups excluding tert-OH is 1. The van der Waals surface area contributed by atoms with Crippen molar-refractivity contribution >= 4 is 0 Å². The second-order valence-corrected chi connectivity index (χ2v) is 3.49. The van der Waals surface area contributed by atoms with Crippen LogP contribution in [0.3, 0.4) is 0 Å². The minimum Gasteiger partial charge on any atom is -0.491 e. The molecule has 0 amide bonds. The van der Waals surface area contributed by atoms with Crippen LogP contribution in [0.4, 0.5) is 0 Å². The molecule has 1 unspecified atom stereocenters. The third-order valence-corrected chi connectivity index (χ3v) is 1.89. The lowest BCUT2D eigenvalue weighted by Gasteiger charge is -2.14. The highest BCUT2D eigenvalue weighted by atomic mass is 16.5. The van der Waals surface area contributed by atoms with E-state index in [4.69, 9.17) is 15.6 Å². The summed E-state index contributed by atoms with van der Waals surface area (Å²) in [5, 5.41) is 9.09. The van der Waals surface area contributed by atoms with Gasteiger partial charge in [-0.25, -0.2) is 0 Å². The lowest BCUT2D eigenvalue weighted by atomic mass is 10.1. The van der Waals surface area contributed by atoms with Crippen molar-refractivity contribution in [3.05, 3.63) is 29.8 Å². The zero-order valence-electron chi connectivity index (χ0n) is 8.60. The molecule has 2 atom stereocenters. The van der Waals surface area contributed by atoms with E-state index in [1.54, 1.807) is 6.92 Å². The Hall–Kier alpha value is -1.06. The summed E-state index contributed by atoms with van der Waals surface area (Å²) >= 11 is 0. The first-order valence-corrected chi connectivity index (χ1v) is 4.76. The Labute approximate surface area is 84.5 Å². The number of ether oxygens (including phenoxy) is 1. The molecule has 0 radical (unpaired) electrons. The van der Waals surface area contributed by atoms with E-state index in [0.29, 0.717) is 6.61 Å². The van der Waals surface area contributed by atoms with Gasteiger partial charge in [0.05, 0.1) is 6.10 Å². The van der Waals surface area contributed by atoms with Crippen LogP contribution < -0.4 is 10.5 Å². The number of benzene rings is 1. The largest absolute Gasteiger partial charge is 0.491 e. The fourth-order valence-electron chi connectivity index (χ4n) is 1.20. The highest BCUT2D eigenvalue weighted by Gasteiger charge is 2.07. The molecule has 0 heterocycles. The van der Waals surface area contributed by atoms with Crippen LogP contribution in [0.2, 0.25) is 0 Å². The van der Waals surface area contributed by atoms with Gasteiger partial charge < -0.3 is 15.6 Å². The van der Waals surface area contributed by atoms with Crippen molar-refractivity contribution in [1.29, 1.82) is 0 Å². The normalized spacial score (nSPS) is 14.9. The molecule has 0 saturated carbocycles. The van der Waals surface area contributed by atoms with E-state index in [2.05, 4.69) is 0 Å². The molecule has 0 saturated heterocycles. The molecule has 1 aromatic carbocycles. The van der Waals surface area contributed by atoms with E-state index in [9.17, 15) is 0 Å². The highest BCUT2D eigenvalue weighted by molar-refractivity contribution is 5.35. The van der Waals surface area contributed by atoms with E-state index in [-0.39, 0.29) is 6.04 Å². The van der Waals surface area contributed by atoms with Crippen molar-refractivity contribution in [1.82, 2.24) is 0 Å². The summed E-state index contributed by atoms with van der Waals surface area (Å²) in [5.41, 5.74) is 6.74. The molecular formula is C11H17NO2. The fourth-order valence-corrected chi connectivity index (χ4v) is 1.20. The van der Waals surface area contributed by atoms with E-state index < -0.39 is 6.10 Å². The fraction of sp³-hybridized carbons (Fsp3) is 0.455. The smallest absolute Gasteiger partial charge is 0.124 e. The predicted octanol–water partition coefficient (Wildman–Crippen LogP) is 1.47. The molecule has 1 rings (SSSR count). The van der Waals surface area contributed by atoms with Crippen LogP contribution in [0, 0.1) is 0 Å². The summed E-state index contributed by atoms with van der Waals surface area (Å²) in [4.78, 5) is 0. The van der Waals surface area contributed by atoms with Gasteiger partial charge in [-0.2, -0.15) is 0 Å². The Bertz CT molecular complexity index is 284. The summed E-state index contributed by atoms with van der Waals surface area (Å²) in [6.45, 7) is 3.89. The average Bonchev–Trinajstić information content (AvgIpc) is 2.15. The first kappa shape index (κ1) is 11.0. The van der Waals surface area contributed by atoms with Gasteiger partial charge in [0.25, 0.3) is 0 Å². The average molecular weight is 195 g/mol. The SMILES string of the molecule is CC(O)COc1ccccc1[C@H](C)N. The van der Waals surface area contributed by atoms with Crippen LogP contribution in [0.15, 0.2) is 24.3 Å². The van der Waals surface area contributed by atoms with Crippen LogP contribution >= 0.6 is 0 Å². The predicted molar refractivity (Wildman–Crippen MR) is 56.2 cm³/mol. The van der Waals surface area contributed by atoms with Crippen molar-refractivity contribution in [3.8, 4) is 5.75 Å². The molecule has 0 aromatic heterocycles. The summed E-state index contributed by atoms with van der Waals surface area (Å²) in [6, 6.07) is 7.56. The van der Waals surface area contributed by atoms with Gasteiger partial charge in [0.1, 0.15) is 12.4 Å². The van der Waals surface area contributed by atoms with Crippen LogP contribution in [0.25, 0.3) is 0 Å². The topological polar surface area (TPSA) is 55.5 Å². The van der Waals surface area contributed by atoms with Gasteiger partial charge >= 0.3 is 0 Å². The summed E-state index contributed by atoms with van der Waals surface area (Å²) in [7, 11) is 0. The molecule has 3 N–H and O–H groups in total. The van der Waals surface area contributed by atoms with Crippen LogP contribution in [-0.2, 0) is 0 Å².